The molecule has 2 N–H and O–H groups in total. The number of hydrogen-bond donors (Lipinski definition) is 1. The molecule has 0 amide bonds. The Morgan fingerprint density at radius 3 is 1.67 bits per heavy atom. The molecular weight excluding hydrogens is 274 g/mol. The Hall–Kier alpha value is 0.531. The Bertz CT molecular complexity index is 245. The molecule has 0 radical (unpaired) electrons. The van der Waals surface area contributed by atoms with Gasteiger partial charge in [-0.2, -0.15) is 0 Å². The van der Waals surface area contributed by atoms with Crippen molar-refractivity contribution < 1.29 is 8.54 Å². The van der Waals surface area contributed by atoms with Gasteiger partial charge in [0.2, 0.25) is 0 Å². The van der Waals surface area contributed by atoms with Gasteiger partial charge in [-0.1, -0.05) is 0 Å². The number of nitrogens with two attached hydrogens (primary N) is 1. The molecule has 0 atom stereocenters. The standard InChI is InChI=1S/C12H33NO2Si3/c1-14-16(2,3)11-12-18(6,7)15-17(4,5)10-8-9-13/h8-13H2,1-7H3. The minimum atomic E-state index is -1.54. The van der Waals surface area contributed by atoms with E-state index >= 15 is 0 Å². The van der Waals surface area contributed by atoms with Gasteiger partial charge in [-0.05, 0) is 70.4 Å². The molecule has 0 heterocycles. The second kappa shape index (κ2) is 7.35. The molecule has 0 aromatic carbocycles. The van der Waals surface area contributed by atoms with Gasteiger partial charge in [0.1, 0.15) is 0 Å². The molecule has 6 heteroatoms. The van der Waals surface area contributed by atoms with Gasteiger partial charge in [0.25, 0.3) is 0 Å². The van der Waals surface area contributed by atoms with Crippen molar-refractivity contribution in [2.75, 3.05) is 13.7 Å². The number of rotatable bonds is 9. The monoisotopic (exact) mass is 307 g/mol. The summed E-state index contributed by atoms with van der Waals surface area (Å²) in [4.78, 5) is 0. The lowest BCUT2D eigenvalue weighted by Crippen LogP contribution is -2.45. The first kappa shape index (κ1) is 18.5. The topological polar surface area (TPSA) is 44.5 Å². The van der Waals surface area contributed by atoms with Crippen LogP contribution in [-0.2, 0) is 8.54 Å². The fourth-order valence-corrected chi connectivity index (χ4v) is 15.0. The summed E-state index contributed by atoms with van der Waals surface area (Å²) in [6.07, 6.45) is 1.10. The third-order valence-corrected chi connectivity index (χ3v) is 13.9. The highest BCUT2D eigenvalue weighted by Gasteiger charge is 2.34. The maximum Gasteiger partial charge on any atom is 0.186 e. The van der Waals surface area contributed by atoms with Crippen molar-refractivity contribution >= 4 is 25.0 Å². The van der Waals surface area contributed by atoms with Gasteiger partial charge in [-0.25, -0.2) is 0 Å². The fourth-order valence-electron chi connectivity index (χ4n) is 2.08. The van der Waals surface area contributed by atoms with Gasteiger partial charge in [-0.15, -0.1) is 0 Å². The molecule has 0 saturated carbocycles. The zero-order chi connectivity index (χ0) is 14.4. The predicted octanol–water partition coefficient (Wildman–Crippen LogP) is 3.61. The SMILES string of the molecule is CO[Si](C)(C)CC[Si](C)(C)O[Si](C)(C)CCCN. The van der Waals surface area contributed by atoms with Crippen LogP contribution >= 0.6 is 0 Å². The van der Waals surface area contributed by atoms with Crippen LogP contribution in [0.1, 0.15) is 6.42 Å². The normalized spacial score (nSPS) is 14.0. The summed E-state index contributed by atoms with van der Waals surface area (Å²) < 4.78 is 12.2. The van der Waals surface area contributed by atoms with Crippen molar-refractivity contribution in [2.45, 2.75) is 63.8 Å². The lowest BCUT2D eigenvalue weighted by atomic mass is 10.5. The Kier molecular flexibility index (Phi) is 7.57. The summed E-state index contributed by atoms with van der Waals surface area (Å²) in [5, 5.41) is 0. The van der Waals surface area contributed by atoms with Crippen LogP contribution in [0, 0.1) is 0 Å². The lowest BCUT2D eigenvalue weighted by molar-refractivity contribution is 0.404. The smallest absolute Gasteiger partial charge is 0.186 e. The van der Waals surface area contributed by atoms with E-state index in [1.54, 1.807) is 0 Å². The molecule has 110 valence electrons. The van der Waals surface area contributed by atoms with Crippen molar-refractivity contribution in [3.63, 3.8) is 0 Å². The molecule has 3 nitrogen and oxygen atoms in total. The van der Waals surface area contributed by atoms with E-state index in [2.05, 4.69) is 39.3 Å². The van der Waals surface area contributed by atoms with Crippen molar-refractivity contribution in [3.8, 4) is 0 Å². The minimum absolute atomic E-state index is 0.783. The maximum absolute atomic E-state index is 6.56. The van der Waals surface area contributed by atoms with Gasteiger partial charge in [0.05, 0.1) is 0 Å². The summed E-state index contributed by atoms with van der Waals surface area (Å²) >= 11 is 0. The highest BCUT2D eigenvalue weighted by atomic mass is 28.4. The zero-order valence-electron chi connectivity index (χ0n) is 13.4. The third kappa shape index (κ3) is 8.60. The summed E-state index contributed by atoms with van der Waals surface area (Å²) in [5.41, 5.74) is 5.60. The molecule has 18 heavy (non-hydrogen) atoms. The Morgan fingerprint density at radius 1 is 0.778 bits per heavy atom. The summed E-state index contributed by atoms with van der Waals surface area (Å²) in [6, 6.07) is 3.62. The van der Waals surface area contributed by atoms with Gasteiger partial charge in [0.15, 0.2) is 25.0 Å². The van der Waals surface area contributed by atoms with Crippen LogP contribution in [0.3, 0.4) is 0 Å². The first-order valence-electron chi connectivity index (χ1n) is 6.99. The van der Waals surface area contributed by atoms with Crippen molar-refractivity contribution in [1.29, 1.82) is 0 Å². The van der Waals surface area contributed by atoms with E-state index in [1.165, 1.54) is 18.1 Å². The van der Waals surface area contributed by atoms with Crippen molar-refractivity contribution in [3.05, 3.63) is 0 Å². The molecule has 0 aliphatic carbocycles. The molecule has 0 fully saturated rings. The van der Waals surface area contributed by atoms with E-state index < -0.39 is 25.0 Å². The Labute approximate surface area is 117 Å². The second-order valence-electron chi connectivity index (χ2n) is 6.98. The minimum Gasteiger partial charge on any atom is -0.456 e. The highest BCUT2D eigenvalue weighted by molar-refractivity contribution is 6.85. The zero-order valence-corrected chi connectivity index (χ0v) is 16.4. The van der Waals surface area contributed by atoms with Gasteiger partial charge in [0, 0.05) is 7.11 Å². The summed E-state index contributed by atoms with van der Waals surface area (Å²) in [5.74, 6) is 0. The molecule has 0 bridgehead atoms. The van der Waals surface area contributed by atoms with Crippen LogP contribution in [0.2, 0.25) is 57.4 Å². The molecule has 0 aliphatic rings. The first-order valence-corrected chi connectivity index (χ1v) is 16.3. The van der Waals surface area contributed by atoms with E-state index in [9.17, 15) is 0 Å². The maximum atomic E-state index is 6.56. The molecule has 0 aliphatic heterocycles. The van der Waals surface area contributed by atoms with Gasteiger partial charge < -0.3 is 14.3 Å². The van der Waals surface area contributed by atoms with E-state index in [4.69, 9.17) is 14.3 Å². The van der Waals surface area contributed by atoms with Crippen LogP contribution in [0.25, 0.3) is 0 Å². The molecular formula is C12H33NO2Si3. The Morgan fingerprint density at radius 2 is 1.22 bits per heavy atom. The largest absolute Gasteiger partial charge is 0.456 e. The van der Waals surface area contributed by atoms with E-state index in [0.717, 1.165) is 13.0 Å². The third-order valence-electron chi connectivity index (χ3n) is 3.42. The Balaban J connectivity index is 4.29. The summed E-state index contributed by atoms with van der Waals surface area (Å²) in [6.45, 7) is 14.7. The van der Waals surface area contributed by atoms with E-state index in [0.29, 0.717) is 0 Å². The van der Waals surface area contributed by atoms with Crippen LogP contribution in [-0.4, -0.2) is 38.6 Å². The average Bonchev–Trinajstić information content (AvgIpc) is 2.23. The molecule has 0 saturated heterocycles. The van der Waals surface area contributed by atoms with Crippen molar-refractivity contribution in [1.82, 2.24) is 0 Å². The van der Waals surface area contributed by atoms with Crippen molar-refractivity contribution in [2.24, 2.45) is 5.73 Å². The predicted molar refractivity (Wildman–Crippen MR) is 88.6 cm³/mol. The quantitative estimate of drug-likeness (QED) is 0.662. The van der Waals surface area contributed by atoms with Gasteiger partial charge in [-0.3, -0.25) is 0 Å². The summed E-state index contributed by atoms with van der Waals surface area (Å²) in [7, 11) is -2.64. The van der Waals surface area contributed by atoms with Crippen LogP contribution in [0.5, 0.6) is 0 Å². The van der Waals surface area contributed by atoms with E-state index in [1.807, 2.05) is 7.11 Å². The highest BCUT2D eigenvalue weighted by Crippen LogP contribution is 2.26. The van der Waals surface area contributed by atoms with Crippen LogP contribution in [0.4, 0.5) is 0 Å². The molecule has 0 aromatic rings. The number of hydrogen-bond acceptors (Lipinski definition) is 3. The molecule has 0 rings (SSSR count). The van der Waals surface area contributed by atoms with Crippen LogP contribution in [0.15, 0.2) is 0 Å². The first-order chi connectivity index (χ1) is 8.04. The second-order valence-corrected chi connectivity index (χ2v) is 20.3. The van der Waals surface area contributed by atoms with Gasteiger partial charge >= 0.3 is 0 Å². The lowest BCUT2D eigenvalue weighted by Gasteiger charge is -2.35. The average molecular weight is 308 g/mol. The molecule has 0 spiro atoms. The fraction of sp³-hybridized carbons (Fsp3) is 1.00. The molecule has 0 aromatic heterocycles. The molecule has 0 unspecified atom stereocenters. The van der Waals surface area contributed by atoms with E-state index in [-0.39, 0.29) is 0 Å². The van der Waals surface area contributed by atoms with Crippen LogP contribution < -0.4 is 5.73 Å².